The lowest BCUT2D eigenvalue weighted by Gasteiger charge is -2.49. The molecular formula is C32H28BrCl3F3N3O. The van der Waals surface area contributed by atoms with Crippen LogP contribution in [-0.2, 0) is 10.4 Å². The van der Waals surface area contributed by atoms with Crippen LogP contribution < -0.4 is 4.90 Å². The lowest BCUT2D eigenvalue weighted by molar-refractivity contribution is -0.275. The van der Waals surface area contributed by atoms with Crippen molar-refractivity contribution in [3.05, 3.63) is 121 Å². The average Bonchev–Trinajstić information content (AvgIpc) is 3.43. The summed E-state index contributed by atoms with van der Waals surface area (Å²) in [5.74, 6) is 0. The molecule has 3 aromatic rings. The van der Waals surface area contributed by atoms with Crippen LogP contribution in [0.3, 0.4) is 0 Å². The molecule has 0 bridgehead atoms. The van der Waals surface area contributed by atoms with E-state index in [1.54, 1.807) is 12.1 Å². The fourth-order valence-corrected chi connectivity index (χ4v) is 6.58. The van der Waals surface area contributed by atoms with E-state index in [0.717, 1.165) is 28.7 Å². The third kappa shape index (κ3) is 6.22. The molecule has 4 nitrogen and oxygen atoms in total. The lowest BCUT2D eigenvalue weighted by atomic mass is 9.86. The second-order valence-electron chi connectivity index (χ2n) is 10.4. The first-order valence-electron chi connectivity index (χ1n) is 13.6. The van der Waals surface area contributed by atoms with Crippen molar-refractivity contribution in [1.29, 1.82) is 0 Å². The number of rotatable bonds is 8. The summed E-state index contributed by atoms with van der Waals surface area (Å²) >= 11 is 21.8. The molecule has 2 unspecified atom stereocenters. The second-order valence-corrected chi connectivity index (χ2v) is 12.4. The van der Waals surface area contributed by atoms with E-state index in [1.165, 1.54) is 11.1 Å². The Bertz CT molecular complexity index is 1570. The summed E-state index contributed by atoms with van der Waals surface area (Å²) < 4.78 is 44.2. The van der Waals surface area contributed by atoms with Crippen LogP contribution in [-0.4, -0.2) is 30.1 Å². The number of allylic oxidation sites excluding steroid dienone is 2. The monoisotopic (exact) mass is 711 g/mol. The summed E-state index contributed by atoms with van der Waals surface area (Å²) in [7, 11) is 0. The van der Waals surface area contributed by atoms with Crippen molar-refractivity contribution in [2.24, 2.45) is 5.16 Å². The first-order valence-corrected chi connectivity index (χ1v) is 15.5. The summed E-state index contributed by atoms with van der Waals surface area (Å²) in [6, 6.07) is 18.1. The largest absolute Gasteiger partial charge is 0.435 e. The van der Waals surface area contributed by atoms with Crippen molar-refractivity contribution in [3.8, 4) is 0 Å². The maximum Gasteiger partial charge on any atom is 0.435 e. The molecule has 2 aliphatic heterocycles. The number of anilines is 1. The third-order valence-electron chi connectivity index (χ3n) is 7.64. The van der Waals surface area contributed by atoms with Crippen molar-refractivity contribution in [2.75, 3.05) is 18.2 Å². The number of halogens is 7. The van der Waals surface area contributed by atoms with Crippen molar-refractivity contribution < 1.29 is 18.0 Å². The Morgan fingerprint density at radius 1 is 1.07 bits per heavy atom. The molecule has 0 saturated carbocycles. The maximum absolute atomic E-state index is 14.5. The van der Waals surface area contributed by atoms with Gasteiger partial charge in [-0.2, -0.15) is 13.2 Å². The van der Waals surface area contributed by atoms with E-state index in [0.29, 0.717) is 18.9 Å². The molecule has 2 heterocycles. The summed E-state index contributed by atoms with van der Waals surface area (Å²) in [6.45, 7) is 5.52. The van der Waals surface area contributed by atoms with E-state index >= 15 is 0 Å². The van der Waals surface area contributed by atoms with Crippen LogP contribution in [0.1, 0.15) is 49.4 Å². The van der Waals surface area contributed by atoms with Crippen molar-refractivity contribution in [3.63, 3.8) is 0 Å². The van der Waals surface area contributed by atoms with Crippen molar-refractivity contribution in [2.45, 2.75) is 44.5 Å². The molecule has 5 rings (SSSR count). The molecule has 3 aromatic carbocycles. The molecule has 0 aromatic heterocycles. The molecule has 0 N–H and O–H groups in total. The number of hydrogen-bond donors (Lipinski definition) is 0. The quantitative estimate of drug-likeness (QED) is 0.172. The van der Waals surface area contributed by atoms with Gasteiger partial charge in [-0.1, -0.05) is 102 Å². The normalized spacial score (nSPS) is 20.3. The number of alkyl halides is 3. The van der Waals surface area contributed by atoms with Gasteiger partial charge in [0.25, 0.3) is 5.60 Å². The Labute approximate surface area is 272 Å². The zero-order chi connectivity index (χ0) is 30.9. The van der Waals surface area contributed by atoms with E-state index in [9.17, 15) is 13.2 Å². The molecule has 0 aliphatic carbocycles. The Morgan fingerprint density at radius 2 is 1.74 bits per heavy atom. The van der Waals surface area contributed by atoms with Crippen LogP contribution in [0, 0.1) is 0 Å². The molecule has 43 heavy (non-hydrogen) atoms. The molecule has 0 radical (unpaired) electrons. The van der Waals surface area contributed by atoms with Gasteiger partial charge in [-0.15, -0.1) is 0 Å². The Morgan fingerprint density at radius 3 is 2.33 bits per heavy atom. The minimum atomic E-state index is -4.80. The number of oxime groups is 1. The first kappa shape index (κ1) is 31.9. The molecule has 1 saturated heterocycles. The van der Waals surface area contributed by atoms with Gasteiger partial charge in [0, 0.05) is 22.0 Å². The van der Waals surface area contributed by atoms with Crippen LogP contribution in [0.5, 0.6) is 0 Å². The third-order valence-corrected chi connectivity index (χ3v) is 9.47. The number of benzene rings is 3. The van der Waals surface area contributed by atoms with Crippen LogP contribution in [0.2, 0.25) is 15.1 Å². The van der Waals surface area contributed by atoms with Gasteiger partial charge in [0.05, 0.1) is 45.8 Å². The summed E-state index contributed by atoms with van der Waals surface area (Å²) in [5, 5.41) is 3.65. The molecule has 1 fully saturated rings. The molecule has 0 amide bonds. The first-order chi connectivity index (χ1) is 20.5. The van der Waals surface area contributed by atoms with E-state index in [1.807, 2.05) is 24.3 Å². The van der Waals surface area contributed by atoms with Gasteiger partial charge < -0.3 is 9.74 Å². The van der Waals surface area contributed by atoms with Crippen LogP contribution >= 0.6 is 50.7 Å². The Hall–Kier alpha value is -2.49. The zero-order valence-corrected chi connectivity index (χ0v) is 27.2. The van der Waals surface area contributed by atoms with Crippen molar-refractivity contribution >= 4 is 62.1 Å². The summed E-state index contributed by atoms with van der Waals surface area (Å²) in [6.07, 6.45) is 2.09. The van der Waals surface area contributed by atoms with Crippen molar-refractivity contribution in [1.82, 2.24) is 4.90 Å². The van der Waals surface area contributed by atoms with Gasteiger partial charge in [-0.3, -0.25) is 4.90 Å². The van der Waals surface area contributed by atoms with Gasteiger partial charge >= 0.3 is 6.18 Å². The van der Waals surface area contributed by atoms with Gasteiger partial charge in [-0.05, 0) is 64.7 Å². The smallest absolute Gasteiger partial charge is 0.374 e. The van der Waals surface area contributed by atoms with Gasteiger partial charge in [0.1, 0.15) is 0 Å². The highest BCUT2D eigenvalue weighted by molar-refractivity contribution is 9.10. The van der Waals surface area contributed by atoms with E-state index in [2.05, 4.69) is 75.1 Å². The lowest BCUT2D eigenvalue weighted by Crippen LogP contribution is -2.56. The minimum absolute atomic E-state index is 0.0259. The minimum Gasteiger partial charge on any atom is -0.374 e. The highest BCUT2D eigenvalue weighted by atomic mass is 79.9. The van der Waals surface area contributed by atoms with Crippen LogP contribution in [0.4, 0.5) is 18.9 Å². The second kappa shape index (κ2) is 12.9. The standard InChI is InChI=1S/C32H28BrCl3F3N3O/c1-3-5-9-20(4-2)30(21-10-7-6-8-11-21)42-18-41(19-42)28-13-12-22(14-24(28)33)27-17-31(43-40-27,32(37,38)39)23-15-25(34)29(36)26(35)16-23/h4-16,30H,3,17-19H2,1-2H3/b9-5-,20-4+. The molecule has 2 aliphatic rings. The predicted molar refractivity (Wildman–Crippen MR) is 172 cm³/mol. The molecule has 11 heteroatoms. The van der Waals surface area contributed by atoms with Crippen LogP contribution in [0.25, 0.3) is 0 Å². The highest BCUT2D eigenvalue weighted by Crippen LogP contribution is 2.51. The SMILES string of the molecule is C/C=C(\C=C/CC)C(c1ccccc1)N1CN(c2ccc(C3=NOC(c4cc(Cl)c(Cl)c(Cl)c4)(C(F)(F)F)C3)cc2Br)C1. The fraction of sp³-hybridized carbons (Fsp3) is 0.281. The predicted octanol–water partition coefficient (Wildman–Crippen LogP) is 10.7. The molecule has 0 spiro atoms. The van der Waals surface area contributed by atoms with E-state index < -0.39 is 18.2 Å². The summed E-state index contributed by atoms with van der Waals surface area (Å²) in [4.78, 5) is 9.74. The summed E-state index contributed by atoms with van der Waals surface area (Å²) in [5.41, 5.74) is 1.01. The molecule has 2 atom stereocenters. The van der Waals surface area contributed by atoms with Gasteiger partial charge in [0.15, 0.2) is 0 Å². The van der Waals surface area contributed by atoms with Gasteiger partial charge in [-0.25, -0.2) is 0 Å². The number of hydrogen-bond acceptors (Lipinski definition) is 4. The maximum atomic E-state index is 14.5. The van der Waals surface area contributed by atoms with E-state index in [4.69, 9.17) is 39.6 Å². The Balaban J connectivity index is 1.35. The zero-order valence-electron chi connectivity index (χ0n) is 23.3. The fourth-order valence-electron chi connectivity index (χ4n) is 5.35. The van der Waals surface area contributed by atoms with E-state index in [-0.39, 0.29) is 32.4 Å². The Kier molecular flexibility index (Phi) is 9.54. The van der Waals surface area contributed by atoms with Crippen LogP contribution in [0.15, 0.2) is 94.1 Å². The number of nitrogens with zero attached hydrogens (tertiary/aromatic N) is 3. The molecular weight excluding hydrogens is 686 g/mol. The molecule has 226 valence electrons. The topological polar surface area (TPSA) is 28.1 Å². The highest BCUT2D eigenvalue weighted by Gasteiger charge is 2.62. The van der Waals surface area contributed by atoms with Gasteiger partial charge in [0.2, 0.25) is 0 Å². The average molecular weight is 714 g/mol.